The Hall–Kier alpha value is -2.64. The van der Waals surface area contributed by atoms with Crippen LogP contribution in [0.5, 0.6) is 0 Å². The summed E-state index contributed by atoms with van der Waals surface area (Å²) in [5.74, 6) is -1.90. The minimum atomic E-state index is -0.820. The normalized spacial score (nSPS) is 14.4. The molecule has 0 aromatic heterocycles. The zero-order valence-electron chi connectivity index (χ0n) is 14.8. The largest absolute Gasteiger partial charge is 0.465 e. The van der Waals surface area contributed by atoms with E-state index < -0.39 is 11.8 Å². The number of hydrogen-bond donors (Lipinski definition) is 3. The number of anilines is 1. The number of urea groups is 1. The van der Waals surface area contributed by atoms with Crippen LogP contribution in [0.25, 0.3) is 0 Å². The number of ether oxygens (including phenoxy) is 1. The van der Waals surface area contributed by atoms with Crippen LogP contribution in [0.3, 0.4) is 0 Å². The predicted octanol–water partition coefficient (Wildman–Crippen LogP) is 2.57. The molecule has 1 aliphatic rings. The quantitative estimate of drug-likeness (QED) is 0.675. The molecular formula is C18H24FN3O4. The first-order valence-electron chi connectivity index (χ1n) is 8.71. The van der Waals surface area contributed by atoms with Crippen molar-refractivity contribution in [2.75, 3.05) is 19.0 Å². The summed E-state index contributed by atoms with van der Waals surface area (Å²) in [5.41, 5.74) is 0.0266. The van der Waals surface area contributed by atoms with Crippen LogP contribution in [0.1, 0.15) is 48.9 Å². The van der Waals surface area contributed by atoms with Gasteiger partial charge in [-0.1, -0.05) is 19.3 Å². The monoisotopic (exact) mass is 365 g/mol. The van der Waals surface area contributed by atoms with E-state index in [1.807, 2.05) is 0 Å². The van der Waals surface area contributed by atoms with E-state index in [9.17, 15) is 18.8 Å². The predicted molar refractivity (Wildman–Crippen MR) is 94.4 cm³/mol. The first kappa shape index (κ1) is 19.7. The second kappa shape index (κ2) is 9.74. The molecule has 0 aliphatic heterocycles. The maximum absolute atomic E-state index is 13.6. The molecule has 1 aromatic carbocycles. The van der Waals surface area contributed by atoms with Crippen LogP contribution in [-0.2, 0) is 9.53 Å². The highest BCUT2D eigenvalue weighted by molar-refractivity contribution is 5.94. The number of rotatable bonds is 6. The average Bonchev–Trinajstić information content (AvgIpc) is 2.63. The summed E-state index contributed by atoms with van der Waals surface area (Å²) < 4.78 is 18.0. The summed E-state index contributed by atoms with van der Waals surface area (Å²) in [4.78, 5) is 35.2. The molecule has 1 fully saturated rings. The molecule has 0 saturated heterocycles. The molecule has 2 rings (SSSR count). The molecule has 0 atom stereocenters. The van der Waals surface area contributed by atoms with E-state index in [2.05, 4.69) is 20.7 Å². The number of carbonyl (C=O) groups excluding carboxylic acids is 3. The number of carbonyl (C=O) groups is 3. The van der Waals surface area contributed by atoms with Crippen molar-refractivity contribution in [1.29, 1.82) is 0 Å². The zero-order chi connectivity index (χ0) is 18.9. The van der Waals surface area contributed by atoms with Gasteiger partial charge < -0.3 is 20.7 Å². The van der Waals surface area contributed by atoms with Crippen molar-refractivity contribution in [3.63, 3.8) is 0 Å². The Morgan fingerprint density at radius 1 is 1.19 bits per heavy atom. The van der Waals surface area contributed by atoms with E-state index in [1.54, 1.807) is 0 Å². The molecule has 0 spiro atoms. The van der Waals surface area contributed by atoms with Gasteiger partial charge in [-0.3, -0.25) is 4.79 Å². The van der Waals surface area contributed by atoms with Gasteiger partial charge in [0.2, 0.25) is 5.91 Å². The van der Waals surface area contributed by atoms with Gasteiger partial charge in [-0.05, 0) is 31.0 Å². The van der Waals surface area contributed by atoms with Crippen molar-refractivity contribution >= 4 is 23.6 Å². The van der Waals surface area contributed by atoms with Gasteiger partial charge in [0.15, 0.2) is 0 Å². The summed E-state index contributed by atoms with van der Waals surface area (Å²) >= 11 is 0. The van der Waals surface area contributed by atoms with Gasteiger partial charge in [0.1, 0.15) is 5.82 Å². The molecule has 0 heterocycles. The Kier molecular flexibility index (Phi) is 7.37. The van der Waals surface area contributed by atoms with Crippen molar-refractivity contribution in [2.45, 2.75) is 44.6 Å². The van der Waals surface area contributed by atoms with E-state index in [-0.39, 0.29) is 42.2 Å². The fraction of sp³-hybridized carbons (Fsp3) is 0.500. The molecule has 1 saturated carbocycles. The zero-order valence-corrected chi connectivity index (χ0v) is 14.8. The molecule has 1 aliphatic carbocycles. The van der Waals surface area contributed by atoms with E-state index in [1.165, 1.54) is 18.6 Å². The minimum Gasteiger partial charge on any atom is -0.465 e. The third kappa shape index (κ3) is 6.02. The Morgan fingerprint density at radius 3 is 2.62 bits per heavy atom. The lowest BCUT2D eigenvalue weighted by molar-refractivity contribution is -0.116. The lowest BCUT2D eigenvalue weighted by Gasteiger charge is -2.22. The van der Waals surface area contributed by atoms with E-state index in [0.717, 1.165) is 38.9 Å². The molecule has 3 N–H and O–H groups in total. The van der Waals surface area contributed by atoms with Crippen LogP contribution in [0.4, 0.5) is 14.9 Å². The molecule has 7 nitrogen and oxygen atoms in total. The molecule has 142 valence electrons. The number of hydrogen-bond acceptors (Lipinski definition) is 4. The van der Waals surface area contributed by atoms with Crippen LogP contribution in [0.2, 0.25) is 0 Å². The van der Waals surface area contributed by atoms with Crippen LogP contribution in [0, 0.1) is 5.82 Å². The second-order valence-corrected chi connectivity index (χ2v) is 6.22. The third-order valence-electron chi connectivity index (χ3n) is 4.23. The topological polar surface area (TPSA) is 96.5 Å². The molecule has 1 aromatic rings. The first-order chi connectivity index (χ1) is 12.5. The molecule has 8 heteroatoms. The number of benzene rings is 1. The smallest absolute Gasteiger partial charge is 0.340 e. The average molecular weight is 365 g/mol. The maximum Gasteiger partial charge on any atom is 0.340 e. The summed E-state index contributed by atoms with van der Waals surface area (Å²) in [6.45, 7) is 0.176. The minimum absolute atomic E-state index is 0.0586. The second-order valence-electron chi connectivity index (χ2n) is 6.22. The highest BCUT2D eigenvalue weighted by atomic mass is 19.1. The molecular weight excluding hydrogens is 341 g/mol. The van der Waals surface area contributed by atoms with Crippen LogP contribution < -0.4 is 16.0 Å². The van der Waals surface area contributed by atoms with Crippen LogP contribution in [0.15, 0.2) is 18.2 Å². The highest BCUT2D eigenvalue weighted by Gasteiger charge is 2.16. The summed E-state index contributed by atoms with van der Waals surface area (Å²) in [6, 6.07) is 3.57. The fourth-order valence-electron chi connectivity index (χ4n) is 2.87. The Balaban J connectivity index is 1.74. The van der Waals surface area contributed by atoms with E-state index in [4.69, 9.17) is 0 Å². The Bertz CT molecular complexity index is 660. The number of amides is 3. The van der Waals surface area contributed by atoms with Crippen LogP contribution >= 0.6 is 0 Å². The maximum atomic E-state index is 13.6. The van der Waals surface area contributed by atoms with Crippen LogP contribution in [-0.4, -0.2) is 37.6 Å². The number of methoxy groups -OCH3 is 1. The lowest BCUT2D eigenvalue weighted by Crippen LogP contribution is -2.43. The SMILES string of the molecule is COC(=O)c1cc(NC(=O)CCNC(=O)NC2CCCCC2)ccc1F. The summed E-state index contributed by atoms with van der Waals surface area (Å²) in [7, 11) is 1.15. The number of nitrogens with one attached hydrogen (secondary N) is 3. The van der Waals surface area contributed by atoms with Crippen molar-refractivity contribution in [3.8, 4) is 0 Å². The van der Waals surface area contributed by atoms with Gasteiger partial charge in [-0.25, -0.2) is 14.0 Å². The van der Waals surface area contributed by atoms with Gasteiger partial charge in [0.05, 0.1) is 12.7 Å². The Labute approximate surface area is 151 Å². The molecule has 0 unspecified atom stereocenters. The fourth-order valence-corrected chi connectivity index (χ4v) is 2.87. The lowest BCUT2D eigenvalue weighted by atomic mass is 9.96. The van der Waals surface area contributed by atoms with Gasteiger partial charge in [0.25, 0.3) is 0 Å². The van der Waals surface area contributed by atoms with Gasteiger partial charge >= 0.3 is 12.0 Å². The molecule has 0 bridgehead atoms. The standard InChI is InChI=1S/C18H24FN3O4/c1-26-17(24)14-11-13(7-8-15(14)19)21-16(23)9-10-20-18(25)22-12-5-3-2-4-6-12/h7-8,11-12H,2-6,9-10H2,1H3,(H,21,23)(H2,20,22,25). The molecule has 0 radical (unpaired) electrons. The van der Waals surface area contributed by atoms with Crippen molar-refractivity contribution in [1.82, 2.24) is 10.6 Å². The van der Waals surface area contributed by atoms with Gasteiger partial charge in [0, 0.05) is 24.7 Å². The summed E-state index contributed by atoms with van der Waals surface area (Å²) in [5, 5.41) is 8.11. The highest BCUT2D eigenvalue weighted by Crippen LogP contribution is 2.17. The molecule has 3 amide bonds. The first-order valence-corrected chi connectivity index (χ1v) is 8.71. The van der Waals surface area contributed by atoms with Gasteiger partial charge in [-0.15, -0.1) is 0 Å². The number of halogens is 1. The summed E-state index contributed by atoms with van der Waals surface area (Å²) in [6.07, 6.45) is 5.49. The van der Waals surface area contributed by atoms with Crippen molar-refractivity contribution in [2.24, 2.45) is 0 Å². The van der Waals surface area contributed by atoms with Gasteiger partial charge in [-0.2, -0.15) is 0 Å². The third-order valence-corrected chi connectivity index (χ3v) is 4.23. The number of esters is 1. The molecule has 26 heavy (non-hydrogen) atoms. The van der Waals surface area contributed by atoms with Crippen molar-refractivity contribution < 1.29 is 23.5 Å². The Morgan fingerprint density at radius 2 is 1.92 bits per heavy atom. The van der Waals surface area contributed by atoms with Crippen molar-refractivity contribution in [3.05, 3.63) is 29.6 Å². The van der Waals surface area contributed by atoms with E-state index >= 15 is 0 Å². The van der Waals surface area contributed by atoms with E-state index in [0.29, 0.717) is 0 Å².